The maximum atomic E-state index is 13.1. The second kappa shape index (κ2) is 10.7. The number of H-pyrrole nitrogens is 1. The monoisotopic (exact) mass is 478 g/mol. The number of nitrogens with zero attached hydrogens (tertiary/aromatic N) is 5. The van der Waals surface area contributed by atoms with Gasteiger partial charge in [0.1, 0.15) is 0 Å². The Morgan fingerprint density at radius 1 is 0.889 bits per heavy atom. The van der Waals surface area contributed by atoms with E-state index in [1.165, 1.54) is 11.1 Å². The number of pyridine rings is 1. The standard InChI is InChI=1S/C29H30N6O/c1-21-15-22(2)28-25(16-21)17-26(29(36)30-28)19-34(14-13-23-9-5-3-6-10-23)20-27-31-32-33-35(27)18-24-11-7-4-8-12-24/h3-12,15-17H,13-14,18-20H2,1-2H3,(H,30,36). The van der Waals surface area contributed by atoms with Crippen LogP contribution in [0.1, 0.15) is 33.6 Å². The van der Waals surface area contributed by atoms with Crippen molar-refractivity contribution in [2.75, 3.05) is 6.54 Å². The fraction of sp³-hybridized carbons (Fsp3) is 0.241. The zero-order valence-electron chi connectivity index (χ0n) is 20.7. The quantitative estimate of drug-likeness (QED) is 0.339. The molecule has 0 saturated heterocycles. The maximum Gasteiger partial charge on any atom is 0.252 e. The SMILES string of the molecule is Cc1cc(C)c2[nH]c(=O)c(CN(CCc3ccccc3)Cc3nnnn3Cc3ccccc3)cc2c1. The van der Waals surface area contributed by atoms with E-state index in [4.69, 9.17) is 0 Å². The molecule has 0 spiro atoms. The van der Waals surface area contributed by atoms with E-state index in [1.54, 1.807) is 0 Å². The lowest BCUT2D eigenvalue weighted by Crippen LogP contribution is -2.30. The summed E-state index contributed by atoms with van der Waals surface area (Å²) in [7, 11) is 0. The lowest BCUT2D eigenvalue weighted by Gasteiger charge is -2.22. The molecule has 0 fully saturated rings. The van der Waals surface area contributed by atoms with E-state index < -0.39 is 0 Å². The Morgan fingerprint density at radius 2 is 1.61 bits per heavy atom. The largest absolute Gasteiger partial charge is 0.321 e. The summed E-state index contributed by atoms with van der Waals surface area (Å²) in [5, 5.41) is 13.5. The molecule has 0 aliphatic carbocycles. The topological polar surface area (TPSA) is 79.7 Å². The number of benzene rings is 3. The molecule has 5 aromatic rings. The zero-order chi connectivity index (χ0) is 24.9. The van der Waals surface area contributed by atoms with Crippen LogP contribution in [0.5, 0.6) is 0 Å². The Labute approximate surface area is 210 Å². The lowest BCUT2D eigenvalue weighted by molar-refractivity contribution is 0.248. The molecule has 3 aromatic carbocycles. The van der Waals surface area contributed by atoms with Crippen molar-refractivity contribution in [2.45, 2.75) is 39.9 Å². The Hall–Kier alpha value is -4.10. The van der Waals surface area contributed by atoms with Crippen LogP contribution in [-0.2, 0) is 26.1 Å². The molecule has 7 nitrogen and oxygen atoms in total. The highest BCUT2D eigenvalue weighted by Crippen LogP contribution is 2.19. The van der Waals surface area contributed by atoms with Crippen molar-refractivity contribution < 1.29 is 0 Å². The minimum atomic E-state index is -0.0527. The van der Waals surface area contributed by atoms with Crippen molar-refractivity contribution >= 4 is 10.9 Å². The molecule has 0 atom stereocenters. The van der Waals surface area contributed by atoms with Gasteiger partial charge in [-0.05, 0) is 64.9 Å². The van der Waals surface area contributed by atoms with Crippen LogP contribution in [0.4, 0.5) is 0 Å². The summed E-state index contributed by atoms with van der Waals surface area (Å²) in [5.41, 5.74) is 6.24. The van der Waals surface area contributed by atoms with Gasteiger partial charge in [0.2, 0.25) is 0 Å². The molecule has 0 radical (unpaired) electrons. The van der Waals surface area contributed by atoms with Gasteiger partial charge in [0.25, 0.3) is 5.56 Å². The highest BCUT2D eigenvalue weighted by molar-refractivity contribution is 5.82. The van der Waals surface area contributed by atoms with Crippen LogP contribution in [-0.4, -0.2) is 36.6 Å². The molecule has 2 aromatic heterocycles. The summed E-state index contributed by atoms with van der Waals surface area (Å²) < 4.78 is 1.84. The molecule has 36 heavy (non-hydrogen) atoms. The summed E-state index contributed by atoms with van der Waals surface area (Å²) in [4.78, 5) is 18.4. The van der Waals surface area contributed by atoms with Crippen molar-refractivity contribution in [3.8, 4) is 0 Å². The molecule has 0 saturated carbocycles. The summed E-state index contributed by atoms with van der Waals surface area (Å²) in [6.45, 7) is 6.53. The van der Waals surface area contributed by atoms with Crippen LogP contribution in [0.2, 0.25) is 0 Å². The van der Waals surface area contributed by atoms with Gasteiger partial charge in [-0.2, -0.15) is 0 Å². The Balaban J connectivity index is 1.42. The van der Waals surface area contributed by atoms with Crippen LogP contribution in [0.25, 0.3) is 10.9 Å². The van der Waals surface area contributed by atoms with E-state index in [2.05, 4.69) is 80.9 Å². The number of tetrazole rings is 1. The van der Waals surface area contributed by atoms with Gasteiger partial charge < -0.3 is 4.98 Å². The van der Waals surface area contributed by atoms with Gasteiger partial charge in [-0.3, -0.25) is 9.69 Å². The Bertz CT molecular complexity index is 1510. The molecule has 0 bridgehead atoms. The van der Waals surface area contributed by atoms with Gasteiger partial charge in [-0.1, -0.05) is 72.3 Å². The van der Waals surface area contributed by atoms with Gasteiger partial charge in [-0.25, -0.2) is 4.68 Å². The Morgan fingerprint density at radius 3 is 2.36 bits per heavy atom. The van der Waals surface area contributed by atoms with E-state index in [1.807, 2.05) is 41.9 Å². The predicted molar refractivity (Wildman–Crippen MR) is 142 cm³/mol. The minimum absolute atomic E-state index is 0.0527. The molecule has 0 aliphatic rings. The molecule has 0 amide bonds. The van der Waals surface area contributed by atoms with E-state index in [9.17, 15) is 4.79 Å². The fourth-order valence-electron chi connectivity index (χ4n) is 4.65. The van der Waals surface area contributed by atoms with Crippen LogP contribution >= 0.6 is 0 Å². The summed E-state index contributed by atoms with van der Waals surface area (Å²) >= 11 is 0. The number of aryl methyl sites for hydroxylation is 2. The number of aromatic nitrogens is 5. The molecular formula is C29H30N6O. The first-order valence-corrected chi connectivity index (χ1v) is 12.2. The number of fused-ring (bicyclic) bond motifs is 1. The Kier molecular flexibility index (Phi) is 7.00. The van der Waals surface area contributed by atoms with Crippen molar-refractivity contribution in [3.63, 3.8) is 0 Å². The first-order chi connectivity index (χ1) is 17.5. The predicted octanol–water partition coefficient (Wildman–Crippen LogP) is 4.42. The number of hydrogen-bond donors (Lipinski definition) is 1. The number of nitrogens with one attached hydrogen (secondary N) is 1. The highest BCUT2D eigenvalue weighted by Gasteiger charge is 2.16. The van der Waals surface area contributed by atoms with E-state index in [-0.39, 0.29) is 5.56 Å². The fourth-order valence-corrected chi connectivity index (χ4v) is 4.65. The van der Waals surface area contributed by atoms with Gasteiger partial charge in [0.15, 0.2) is 5.82 Å². The average molecular weight is 479 g/mol. The zero-order valence-corrected chi connectivity index (χ0v) is 20.7. The average Bonchev–Trinajstić information content (AvgIpc) is 3.31. The smallest absolute Gasteiger partial charge is 0.252 e. The van der Waals surface area contributed by atoms with Gasteiger partial charge in [-0.15, -0.1) is 5.10 Å². The molecule has 1 N–H and O–H groups in total. The van der Waals surface area contributed by atoms with Gasteiger partial charge in [0.05, 0.1) is 18.6 Å². The highest BCUT2D eigenvalue weighted by atomic mass is 16.1. The third-order valence-electron chi connectivity index (χ3n) is 6.47. The van der Waals surface area contributed by atoms with Crippen molar-refractivity contribution in [2.24, 2.45) is 0 Å². The first-order valence-electron chi connectivity index (χ1n) is 12.2. The normalized spacial score (nSPS) is 11.4. The van der Waals surface area contributed by atoms with Crippen LogP contribution in [0.15, 0.2) is 83.7 Å². The van der Waals surface area contributed by atoms with Crippen molar-refractivity contribution in [1.82, 2.24) is 30.1 Å². The van der Waals surface area contributed by atoms with Gasteiger partial charge >= 0.3 is 0 Å². The minimum Gasteiger partial charge on any atom is -0.321 e. The molecule has 7 heteroatoms. The van der Waals surface area contributed by atoms with Crippen molar-refractivity contribution in [1.29, 1.82) is 0 Å². The summed E-state index contributed by atoms with van der Waals surface area (Å²) in [5.74, 6) is 0.774. The van der Waals surface area contributed by atoms with Crippen LogP contribution in [0.3, 0.4) is 0 Å². The van der Waals surface area contributed by atoms with Crippen molar-refractivity contribution in [3.05, 3.63) is 123 Å². The molecular weight excluding hydrogens is 448 g/mol. The van der Waals surface area contributed by atoms with Crippen LogP contribution in [0, 0.1) is 13.8 Å². The molecule has 182 valence electrons. The second-order valence-electron chi connectivity index (χ2n) is 9.35. The third kappa shape index (κ3) is 5.58. The third-order valence-corrected chi connectivity index (χ3v) is 6.47. The van der Waals surface area contributed by atoms with E-state index in [0.29, 0.717) is 19.6 Å². The maximum absolute atomic E-state index is 13.1. The van der Waals surface area contributed by atoms with Crippen LogP contribution < -0.4 is 5.56 Å². The first kappa shape index (κ1) is 23.6. The molecule has 5 rings (SSSR count). The van der Waals surface area contributed by atoms with E-state index >= 15 is 0 Å². The van der Waals surface area contributed by atoms with Gasteiger partial charge in [0, 0.05) is 18.7 Å². The lowest BCUT2D eigenvalue weighted by atomic mass is 10.0. The number of hydrogen-bond acceptors (Lipinski definition) is 5. The second-order valence-corrected chi connectivity index (χ2v) is 9.35. The molecule has 0 aliphatic heterocycles. The number of rotatable bonds is 9. The summed E-state index contributed by atoms with van der Waals surface area (Å²) in [6, 6.07) is 26.8. The molecule has 0 unspecified atom stereocenters. The van der Waals surface area contributed by atoms with E-state index in [0.717, 1.165) is 46.4 Å². The summed E-state index contributed by atoms with van der Waals surface area (Å²) in [6.07, 6.45) is 0.866. The number of aromatic amines is 1. The molecule has 2 heterocycles.